The molecule has 0 aliphatic carbocycles. The molecule has 3 N–H and O–H groups in total. The SMILES string of the molecule is CC(NC(=O)c1snc(-c2ccccc2)c1N)c1ccccc1. The first-order chi connectivity index (χ1) is 11.2. The summed E-state index contributed by atoms with van der Waals surface area (Å²) in [7, 11) is 0. The lowest BCUT2D eigenvalue weighted by molar-refractivity contribution is 0.0945. The Morgan fingerprint density at radius 1 is 1.09 bits per heavy atom. The molecule has 5 heteroatoms. The average molecular weight is 323 g/mol. The van der Waals surface area contributed by atoms with Gasteiger partial charge in [0.2, 0.25) is 0 Å². The zero-order valence-corrected chi connectivity index (χ0v) is 13.5. The van der Waals surface area contributed by atoms with Crippen molar-refractivity contribution in [1.82, 2.24) is 9.69 Å². The highest BCUT2D eigenvalue weighted by Crippen LogP contribution is 2.30. The van der Waals surface area contributed by atoms with Crippen molar-refractivity contribution in [2.75, 3.05) is 5.73 Å². The maximum atomic E-state index is 12.5. The molecule has 0 aliphatic heterocycles. The molecular weight excluding hydrogens is 306 g/mol. The second kappa shape index (κ2) is 6.62. The number of nitrogens with one attached hydrogen (secondary N) is 1. The quantitative estimate of drug-likeness (QED) is 0.765. The minimum Gasteiger partial charge on any atom is -0.396 e. The third-order valence-electron chi connectivity index (χ3n) is 3.63. The molecule has 0 saturated heterocycles. The van der Waals surface area contributed by atoms with Crippen molar-refractivity contribution in [1.29, 1.82) is 0 Å². The van der Waals surface area contributed by atoms with Gasteiger partial charge in [0.15, 0.2) is 0 Å². The van der Waals surface area contributed by atoms with Gasteiger partial charge in [0.05, 0.1) is 11.7 Å². The Morgan fingerprint density at radius 3 is 2.35 bits per heavy atom. The van der Waals surface area contributed by atoms with Gasteiger partial charge in [0.1, 0.15) is 10.6 Å². The van der Waals surface area contributed by atoms with Crippen LogP contribution in [0.25, 0.3) is 11.3 Å². The van der Waals surface area contributed by atoms with Crippen LogP contribution in [-0.2, 0) is 0 Å². The number of nitrogens with two attached hydrogens (primary N) is 1. The fourth-order valence-corrected chi connectivity index (χ4v) is 3.08. The monoisotopic (exact) mass is 323 g/mol. The maximum Gasteiger partial charge on any atom is 0.265 e. The highest BCUT2D eigenvalue weighted by molar-refractivity contribution is 7.09. The fourth-order valence-electron chi connectivity index (χ4n) is 2.35. The zero-order valence-electron chi connectivity index (χ0n) is 12.7. The van der Waals surface area contributed by atoms with Gasteiger partial charge in [-0.1, -0.05) is 60.7 Å². The molecule has 0 bridgehead atoms. The first-order valence-corrected chi connectivity index (χ1v) is 8.10. The Hall–Kier alpha value is -2.66. The van der Waals surface area contributed by atoms with Gasteiger partial charge in [-0.25, -0.2) is 0 Å². The minimum absolute atomic E-state index is 0.0922. The molecule has 2 aromatic carbocycles. The Morgan fingerprint density at radius 2 is 1.70 bits per heavy atom. The first-order valence-electron chi connectivity index (χ1n) is 7.33. The summed E-state index contributed by atoms with van der Waals surface area (Å²) in [6.45, 7) is 1.95. The average Bonchev–Trinajstić information content (AvgIpc) is 2.98. The van der Waals surface area contributed by atoms with Gasteiger partial charge in [0, 0.05) is 5.56 Å². The Balaban J connectivity index is 1.80. The molecule has 0 spiro atoms. The van der Waals surface area contributed by atoms with Crippen LogP contribution >= 0.6 is 11.5 Å². The van der Waals surface area contributed by atoms with E-state index < -0.39 is 0 Å². The number of hydrogen-bond donors (Lipinski definition) is 2. The number of nitrogen functional groups attached to an aromatic ring is 1. The highest BCUT2D eigenvalue weighted by atomic mass is 32.1. The molecule has 0 aliphatic rings. The van der Waals surface area contributed by atoms with E-state index in [0.29, 0.717) is 16.3 Å². The molecule has 116 valence electrons. The van der Waals surface area contributed by atoms with Gasteiger partial charge in [-0.3, -0.25) is 4.79 Å². The summed E-state index contributed by atoms with van der Waals surface area (Å²) in [6, 6.07) is 19.4. The number of benzene rings is 2. The van der Waals surface area contributed by atoms with E-state index in [-0.39, 0.29) is 11.9 Å². The number of anilines is 1. The molecule has 1 heterocycles. The largest absolute Gasteiger partial charge is 0.396 e. The van der Waals surface area contributed by atoms with Gasteiger partial charge in [-0.15, -0.1) is 0 Å². The lowest BCUT2D eigenvalue weighted by Crippen LogP contribution is -2.26. The number of aromatic nitrogens is 1. The van der Waals surface area contributed by atoms with E-state index in [1.54, 1.807) is 0 Å². The standard InChI is InChI=1S/C18H17N3OS/c1-12(13-8-4-2-5-9-13)20-18(22)17-15(19)16(21-23-17)14-10-6-3-7-11-14/h2-12H,19H2,1H3,(H,20,22). The zero-order chi connectivity index (χ0) is 16.2. The third-order valence-corrected chi connectivity index (χ3v) is 4.49. The van der Waals surface area contributed by atoms with Crippen LogP contribution in [0.1, 0.15) is 28.2 Å². The summed E-state index contributed by atoms with van der Waals surface area (Å²) in [5, 5.41) is 2.97. The molecule has 23 heavy (non-hydrogen) atoms. The summed E-state index contributed by atoms with van der Waals surface area (Å²) in [6.07, 6.45) is 0. The van der Waals surface area contributed by atoms with Gasteiger partial charge < -0.3 is 11.1 Å². The van der Waals surface area contributed by atoms with Crippen LogP contribution in [0.5, 0.6) is 0 Å². The molecule has 1 amide bonds. The maximum absolute atomic E-state index is 12.5. The topological polar surface area (TPSA) is 68.0 Å². The predicted octanol–water partition coefficient (Wildman–Crippen LogP) is 3.88. The lowest BCUT2D eigenvalue weighted by Gasteiger charge is -2.13. The van der Waals surface area contributed by atoms with Crippen LogP contribution in [0.15, 0.2) is 60.7 Å². The second-order valence-electron chi connectivity index (χ2n) is 5.25. The summed E-state index contributed by atoms with van der Waals surface area (Å²) >= 11 is 1.13. The van der Waals surface area contributed by atoms with Crippen molar-refractivity contribution in [3.8, 4) is 11.3 Å². The van der Waals surface area contributed by atoms with Gasteiger partial charge in [-0.05, 0) is 24.0 Å². The number of carbonyl (C=O) groups excluding carboxylic acids is 1. The molecule has 0 radical (unpaired) electrons. The number of carbonyl (C=O) groups is 1. The van der Waals surface area contributed by atoms with Gasteiger partial charge in [-0.2, -0.15) is 4.37 Å². The van der Waals surface area contributed by atoms with E-state index in [1.165, 1.54) is 0 Å². The summed E-state index contributed by atoms with van der Waals surface area (Å²) in [5.41, 5.74) is 9.19. The molecular formula is C18H17N3OS. The molecule has 0 fully saturated rings. The number of amides is 1. The molecule has 3 rings (SSSR count). The van der Waals surface area contributed by atoms with Crippen LogP contribution in [-0.4, -0.2) is 10.3 Å². The van der Waals surface area contributed by atoms with Crippen LogP contribution in [0.3, 0.4) is 0 Å². The van der Waals surface area contributed by atoms with E-state index in [4.69, 9.17) is 5.73 Å². The summed E-state index contributed by atoms with van der Waals surface area (Å²) in [5.74, 6) is -0.196. The Kier molecular flexibility index (Phi) is 4.39. The van der Waals surface area contributed by atoms with E-state index in [9.17, 15) is 4.79 Å². The van der Waals surface area contributed by atoms with E-state index in [1.807, 2.05) is 67.6 Å². The molecule has 4 nitrogen and oxygen atoms in total. The van der Waals surface area contributed by atoms with Crippen molar-refractivity contribution in [3.63, 3.8) is 0 Å². The van der Waals surface area contributed by atoms with Crippen molar-refractivity contribution in [2.45, 2.75) is 13.0 Å². The first kappa shape index (κ1) is 15.2. The minimum atomic E-state index is -0.196. The lowest BCUT2D eigenvalue weighted by atomic mass is 10.1. The highest BCUT2D eigenvalue weighted by Gasteiger charge is 2.20. The van der Waals surface area contributed by atoms with Crippen molar-refractivity contribution in [2.24, 2.45) is 0 Å². The van der Waals surface area contributed by atoms with Crippen LogP contribution in [0.4, 0.5) is 5.69 Å². The molecule has 3 aromatic rings. The van der Waals surface area contributed by atoms with Gasteiger partial charge >= 0.3 is 0 Å². The molecule has 1 atom stereocenters. The third kappa shape index (κ3) is 3.24. The van der Waals surface area contributed by atoms with Crippen molar-refractivity contribution < 1.29 is 4.79 Å². The molecule has 0 saturated carbocycles. The molecule has 1 unspecified atom stereocenters. The van der Waals surface area contributed by atoms with Crippen LogP contribution < -0.4 is 11.1 Å². The Bertz CT molecular complexity index is 800. The van der Waals surface area contributed by atoms with Gasteiger partial charge in [0.25, 0.3) is 5.91 Å². The number of hydrogen-bond acceptors (Lipinski definition) is 4. The smallest absolute Gasteiger partial charge is 0.265 e. The van der Waals surface area contributed by atoms with E-state index in [2.05, 4.69) is 9.69 Å². The molecule has 1 aromatic heterocycles. The summed E-state index contributed by atoms with van der Waals surface area (Å²) in [4.78, 5) is 12.9. The second-order valence-corrected chi connectivity index (χ2v) is 6.02. The van der Waals surface area contributed by atoms with E-state index >= 15 is 0 Å². The van der Waals surface area contributed by atoms with Crippen molar-refractivity contribution in [3.05, 3.63) is 71.1 Å². The predicted molar refractivity (Wildman–Crippen MR) is 94.3 cm³/mol. The van der Waals surface area contributed by atoms with Crippen LogP contribution in [0, 0.1) is 0 Å². The van der Waals surface area contributed by atoms with Crippen molar-refractivity contribution >= 4 is 23.1 Å². The summed E-state index contributed by atoms with van der Waals surface area (Å²) < 4.78 is 4.34. The van der Waals surface area contributed by atoms with E-state index in [0.717, 1.165) is 22.7 Å². The fraction of sp³-hybridized carbons (Fsp3) is 0.111. The number of nitrogens with zero attached hydrogens (tertiary/aromatic N) is 1. The normalized spacial score (nSPS) is 11.9. The number of rotatable bonds is 4. The Labute approximate surface area is 139 Å². The van der Waals surface area contributed by atoms with Crippen LogP contribution in [0.2, 0.25) is 0 Å².